The number of carbonyl (C=O) groups is 2. The lowest BCUT2D eigenvalue weighted by Gasteiger charge is -2.25. The molecule has 2 amide bonds. The summed E-state index contributed by atoms with van der Waals surface area (Å²) in [6, 6.07) is 17.7. The third-order valence-corrected chi connectivity index (χ3v) is 5.12. The first kappa shape index (κ1) is 19.1. The Kier molecular flexibility index (Phi) is 6.24. The molecule has 1 aliphatic rings. The van der Waals surface area contributed by atoms with Gasteiger partial charge in [-0.3, -0.25) is 9.59 Å². The summed E-state index contributed by atoms with van der Waals surface area (Å²) in [5, 5.41) is 6.30. The summed E-state index contributed by atoms with van der Waals surface area (Å²) in [6.07, 6.45) is 0.262. The number of hydrogen-bond donors (Lipinski definition) is 2. The minimum Gasteiger partial charge on any atom is -0.335 e. The number of rotatable bonds is 7. The quantitative estimate of drug-likeness (QED) is 0.791. The van der Waals surface area contributed by atoms with Crippen LogP contribution in [0.25, 0.3) is 0 Å². The minimum absolute atomic E-state index is 0.0301. The van der Waals surface area contributed by atoms with Crippen LogP contribution in [0.2, 0.25) is 0 Å². The summed E-state index contributed by atoms with van der Waals surface area (Å²) in [4.78, 5) is 27.1. The van der Waals surface area contributed by atoms with Crippen molar-refractivity contribution in [2.45, 2.75) is 32.9 Å². The second-order valence-corrected chi connectivity index (χ2v) is 6.96. The lowest BCUT2D eigenvalue weighted by atomic mass is 10.1. The first-order valence-electron chi connectivity index (χ1n) is 9.54. The van der Waals surface area contributed by atoms with Crippen LogP contribution in [0.5, 0.6) is 0 Å². The summed E-state index contributed by atoms with van der Waals surface area (Å²) in [7, 11) is 0. The molecule has 142 valence electrons. The van der Waals surface area contributed by atoms with Crippen LogP contribution in [0.3, 0.4) is 0 Å². The Bertz CT molecular complexity index is 791. The van der Waals surface area contributed by atoms with Crippen LogP contribution < -0.4 is 10.6 Å². The van der Waals surface area contributed by atoms with Crippen molar-refractivity contribution in [1.82, 2.24) is 10.2 Å². The van der Waals surface area contributed by atoms with Crippen LogP contribution in [0.4, 0.5) is 5.69 Å². The standard InChI is InChI=1S/C22H27N3O2/c1-3-23-14-18-11-7-8-12-20(18)24-22(27)19-13-21(26)25(15-19)16(2)17-9-5-4-6-10-17/h4-12,16,19,23H,3,13-15H2,1-2H3,(H,24,27). The van der Waals surface area contributed by atoms with E-state index in [-0.39, 0.29) is 30.2 Å². The number of anilines is 1. The van der Waals surface area contributed by atoms with Crippen LogP contribution in [0.1, 0.15) is 37.4 Å². The number of amides is 2. The molecule has 0 aromatic heterocycles. The van der Waals surface area contributed by atoms with E-state index in [0.717, 1.165) is 23.4 Å². The first-order chi connectivity index (χ1) is 13.1. The Labute approximate surface area is 160 Å². The van der Waals surface area contributed by atoms with Gasteiger partial charge < -0.3 is 15.5 Å². The molecule has 2 aromatic rings. The molecule has 27 heavy (non-hydrogen) atoms. The first-order valence-corrected chi connectivity index (χ1v) is 9.54. The average molecular weight is 365 g/mol. The molecule has 1 saturated heterocycles. The van der Waals surface area contributed by atoms with Gasteiger partial charge in [0.05, 0.1) is 12.0 Å². The maximum Gasteiger partial charge on any atom is 0.229 e. The number of likely N-dealkylation sites (tertiary alicyclic amines) is 1. The van der Waals surface area contributed by atoms with Gasteiger partial charge in [-0.05, 0) is 30.7 Å². The molecule has 5 heteroatoms. The van der Waals surface area contributed by atoms with Crippen molar-refractivity contribution in [3.63, 3.8) is 0 Å². The van der Waals surface area contributed by atoms with Crippen LogP contribution in [0, 0.1) is 5.92 Å². The molecule has 5 nitrogen and oxygen atoms in total. The van der Waals surface area contributed by atoms with Crippen LogP contribution in [-0.4, -0.2) is 29.8 Å². The van der Waals surface area contributed by atoms with Gasteiger partial charge in [0.2, 0.25) is 11.8 Å². The van der Waals surface area contributed by atoms with E-state index < -0.39 is 0 Å². The summed E-state index contributed by atoms with van der Waals surface area (Å²) in [6.45, 7) is 6.09. The van der Waals surface area contributed by atoms with Gasteiger partial charge in [-0.15, -0.1) is 0 Å². The summed E-state index contributed by atoms with van der Waals surface area (Å²) >= 11 is 0. The topological polar surface area (TPSA) is 61.4 Å². The molecule has 0 radical (unpaired) electrons. The second-order valence-electron chi connectivity index (χ2n) is 6.96. The van der Waals surface area contributed by atoms with Crippen molar-refractivity contribution >= 4 is 17.5 Å². The van der Waals surface area contributed by atoms with E-state index in [1.165, 1.54) is 0 Å². The maximum absolute atomic E-state index is 12.8. The highest BCUT2D eigenvalue weighted by Crippen LogP contribution is 2.29. The van der Waals surface area contributed by atoms with E-state index in [1.807, 2.05) is 73.3 Å². The number of nitrogens with one attached hydrogen (secondary N) is 2. The Hall–Kier alpha value is -2.66. The fraction of sp³-hybridized carbons (Fsp3) is 0.364. The normalized spacial score (nSPS) is 17.8. The van der Waals surface area contributed by atoms with E-state index in [4.69, 9.17) is 0 Å². The minimum atomic E-state index is -0.323. The smallest absolute Gasteiger partial charge is 0.229 e. The zero-order valence-electron chi connectivity index (χ0n) is 15.9. The lowest BCUT2D eigenvalue weighted by Crippen LogP contribution is -2.30. The van der Waals surface area contributed by atoms with Gasteiger partial charge >= 0.3 is 0 Å². The van der Waals surface area contributed by atoms with Gasteiger partial charge in [0, 0.05) is 25.2 Å². The third-order valence-electron chi connectivity index (χ3n) is 5.12. The van der Waals surface area contributed by atoms with Crippen LogP contribution in [0.15, 0.2) is 54.6 Å². The predicted molar refractivity (Wildman–Crippen MR) is 107 cm³/mol. The molecular weight excluding hydrogens is 338 g/mol. The Morgan fingerprint density at radius 3 is 2.59 bits per heavy atom. The lowest BCUT2D eigenvalue weighted by molar-refractivity contribution is -0.129. The summed E-state index contributed by atoms with van der Waals surface area (Å²) in [5.41, 5.74) is 2.94. The molecule has 2 aromatic carbocycles. The molecule has 0 spiro atoms. The van der Waals surface area contributed by atoms with Crippen LogP contribution >= 0.6 is 0 Å². The Balaban J connectivity index is 1.66. The van der Waals surface area contributed by atoms with Crippen molar-refractivity contribution in [2.75, 3.05) is 18.4 Å². The fourth-order valence-electron chi connectivity index (χ4n) is 3.48. The van der Waals surface area contributed by atoms with Crippen molar-refractivity contribution in [1.29, 1.82) is 0 Å². The van der Waals surface area contributed by atoms with Crippen molar-refractivity contribution in [3.8, 4) is 0 Å². The maximum atomic E-state index is 12.8. The average Bonchev–Trinajstić information content (AvgIpc) is 3.09. The van der Waals surface area contributed by atoms with Gasteiger partial charge in [-0.25, -0.2) is 0 Å². The molecule has 0 bridgehead atoms. The molecule has 1 aliphatic heterocycles. The van der Waals surface area contributed by atoms with Crippen molar-refractivity contribution < 1.29 is 9.59 Å². The fourth-order valence-corrected chi connectivity index (χ4v) is 3.48. The van der Waals surface area contributed by atoms with Crippen molar-refractivity contribution in [3.05, 3.63) is 65.7 Å². The molecule has 2 N–H and O–H groups in total. The monoisotopic (exact) mass is 365 g/mol. The highest BCUT2D eigenvalue weighted by atomic mass is 16.2. The molecular formula is C22H27N3O2. The molecule has 3 rings (SSSR count). The molecule has 0 saturated carbocycles. The largest absolute Gasteiger partial charge is 0.335 e. The molecule has 1 fully saturated rings. The second kappa shape index (κ2) is 8.82. The number of nitrogens with zero attached hydrogens (tertiary/aromatic N) is 1. The van der Waals surface area contributed by atoms with Gasteiger partial charge in [0.15, 0.2) is 0 Å². The van der Waals surface area contributed by atoms with Gasteiger partial charge in [-0.2, -0.15) is 0 Å². The van der Waals surface area contributed by atoms with E-state index >= 15 is 0 Å². The van der Waals surface area contributed by atoms with E-state index in [2.05, 4.69) is 10.6 Å². The van der Waals surface area contributed by atoms with Gasteiger partial charge in [-0.1, -0.05) is 55.5 Å². The number of carbonyl (C=O) groups excluding carboxylic acids is 2. The number of para-hydroxylation sites is 1. The molecule has 1 heterocycles. The SMILES string of the molecule is CCNCc1ccccc1NC(=O)C1CC(=O)N(C(C)c2ccccc2)C1. The molecule has 2 atom stereocenters. The number of benzene rings is 2. The summed E-state index contributed by atoms with van der Waals surface area (Å²) < 4.78 is 0. The molecule has 2 unspecified atom stereocenters. The van der Waals surface area contributed by atoms with Crippen LogP contribution in [-0.2, 0) is 16.1 Å². The van der Waals surface area contributed by atoms with E-state index in [1.54, 1.807) is 0 Å². The van der Waals surface area contributed by atoms with Crippen molar-refractivity contribution in [2.24, 2.45) is 5.92 Å². The Morgan fingerprint density at radius 2 is 1.85 bits per heavy atom. The third kappa shape index (κ3) is 4.55. The predicted octanol–water partition coefficient (Wildman–Crippen LogP) is 3.34. The zero-order valence-corrected chi connectivity index (χ0v) is 15.9. The molecule has 0 aliphatic carbocycles. The zero-order chi connectivity index (χ0) is 19.2. The summed E-state index contributed by atoms with van der Waals surface area (Å²) in [5.74, 6) is -0.377. The Morgan fingerprint density at radius 1 is 1.15 bits per heavy atom. The van der Waals surface area contributed by atoms with Gasteiger partial charge in [0.25, 0.3) is 0 Å². The van der Waals surface area contributed by atoms with E-state index in [9.17, 15) is 9.59 Å². The van der Waals surface area contributed by atoms with Gasteiger partial charge in [0.1, 0.15) is 0 Å². The highest BCUT2D eigenvalue weighted by molar-refractivity contribution is 5.97. The van der Waals surface area contributed by atoms with E-state index in [0.29, 0.717) is 13.1 Å². The number of hydrogen-bond acceptors (Lipinski definition) is 3. The highest BCUT2D eigenvalue weighted by Gasteiger charge is 2.37.